The monoisotopic (exact) mass is 391 g/mol. The average Bonchev–Trinajstić information content (AvgIpc) is 3.15. The van der Waals surface area contributed by atoms with Crippen LogP contribution in [0.5, 0.6) is 0 Å². The maximum Gasteiger partial charge on any atom is 0.253 e. The average molecular weight is 391 g/mol. The predicted molar refractivity (Wildman–Crippen MR) is 107 cm³/mol. The molecule has 2 heterocycles. The molecular weight excluding hydrogens is 372 g/mol. The highest BCUT2D eigenvalue weighted by molar-refractivity contribution is 5.79. The largest absolute Gasteiger partial charge is 0.366 e. The number of hydrogen-bond donors (Lipinski definition) is 1. The van der Waals surface area contributed by atoms with Gasteiger partial charge in [-0.3, -0.25) is 0 Å². The molecule has 0 amide bonds. The van der Waals surface area contributed by atoms with Crippen LogP contribution in [0.3, 0.4) is 0 Å². The molecule has 29 heavy (non-hydrogen) atoms. The van der Waals surface area contributed by atoms with Crippen molar-refractivity contribution in [3.05, 3.63) is 77.1 Å². The van der Waals surface area contributed by atoms with Crippen molar-refractivity contribution in [2.75, 3.05) is 5.32 Å². The number of hydrogen-bond acceptors (Lipinski definition) is 4. The standard InChI is InChI=1S/C22H19F2N5/c23-16-5-3-4-14(10-16)12-25-21-18-6-1-2-7-19(18)27-22(28-21)29-20-11-17(24)9-8-15(20)13-26-29/h3-5,8-11,13H,1-2,6-7,12H2,(H,25,27,28). The van der Waals surface area contributed by atoms with Crippen molar-refractivity contribution in [3.63, 3.8) is 0 Å². The lowest BCUT2D eigenvalue weighted by Gasteiger charge is -2.20. The second-order valence-electron chi connectivity index (χ2n) is 7.25. The first kappa shape index (κ1) is 17.7. The summed E-state index contributed by atoms with van der Waals surface area (Å²) in [6.07, 6.45) is 5.60. The zero-order chi connectivity index (χ0) is 19.8. The van der Waals surface area contributed by atoms with Crippen molar-refractivity contribution in [3.8, 4) is 5.95 Å². The minimum atomic E-state index is -0.332. The second-order valence-corrected chi connectivity index (χ2v) is 7.25. The van der Waals surface area contributed by atoms with E-state index in [2.05, 4.69) is 10.4 Å². The summed E-state index contributed by atoms with van der Waals surface area (Å²) in [5.41, 5.74) is 3.54. The molecule has 0 aliphatic heterocycles. The number of anilines is 1. The molecule has 0 spiro atoms. The van der Waals surface area contributed by atoms with Crippen LogP contribution in [0, 0.1) is 11.6 Å². The molecule has 146 valence electrons. The minimum absolute atomic E-state index is 0.264. The first-order valence-corrected chi connectivity index (χ1v) is 9.69. The Morgan fingerprint density at radius 1 is 0.966 bits per heavy atom. The van der Waals surface area contributed by atoms with E-state index in [0.717, 1.165) is 53.7 Å². The third-order valence-corrected chi connectivity index (χ3v) is 5.24. The van der Waals surface area contributed by atoms with Gasteiger partial charge in [0.1, 0.15) is 17.5 Å². The van der Waals surface area contributed by atoms with Crippen LogP contribution in [0.1, 0.15) is 29.7 Å². The van der Waals surface area contributed by atoms with Crippen LogP contribution in [0.4, 0.5) is 14.6 Å². The van der Waals surface area contributed by atoms with Crippen LogP contribution in [-0.4, -0.2) is 19.7 Å². The summed E-state index contributed by atoms with van der Waals surface area (Å²) in [5, 5.41) is 8.54. The summed E-state index contributed by atoms with van der Waals surface area (Å²) in [6, 6.07) is 11.0. The van der Waals surface area contributed by atoms with Crippen LogP contribution in [0.2, 0.25) is 0 Å². The van der Waals surface area contributed by atoms with Gasteiger partial charge in [-0.05, 0) is 55.5 Å². The summed E-state index contributed by atoms with van der Waals surface area (Å²) in [5.74, 6) is 0.545. The number of nitrogens with one attached hydrogen (secondary N) is 1. The summed E-state index contributed by atoms with van der Waals surface area (Å²) >= 11 is 0. The van der Waals surface area contributed by atoms with Gasteiger partial charge in [-0.15, -0.1) is 0 Å². The van der Waals surface area contributed by atoms with Crippen molar-refractivity contribution in [2.24, 2.45) is 0 Å². The highest BCUT2D eigenvalue weighted by Crippen LogP contribution is 2.28. The van der Waals surface area contributed by atoms with Gasteiger partial charge < -0.3 is 5.32 Å². The Morgan fingerprint density at radius 3 is 2.72 bits per heavy atom. The molecule has 0 saturated heterocycles. The lowest BCUT2D eigenvalue weighted by atomic mass is 9.96. The van der Waals surface area contributed by atoms with E-state index in [4.69, 9.17) is 9.97 Å². The molecule has 0 fully saturated rings. The molecule has 2 aromatic carbocycles. The molecule has 0 unspecified atom stereocenters. The first-order valence-electron chi connectivity index (χ1n) is 9.69. The molecule has 2 aromatic heterocycles. The van der Waals surface area contributed by atoms with E-state index in [9.17, 15) is 8.78 Å². The number of rotatable bonds is 4. The lowest BCUT2D eigenvalue weighted by molar-refractivity contribution is 0.625. The van der Waals surface area contributed by atoms with Gasteiger partial charge in [0.05, 0.1) is 17.4 Å². The fourth-order valence-corrected chi connectivity index (χ4v) is 3.81. The van der Waals surface area contributed by atoms with E-state index < -0.39 is 0 Å². The minimum Gasteiger partial charge on any atom is -0.366 e. The Hall–Kier alpha value is -3.35. The van der Waals surface area contributed by atoms with Crippen LogP contribution < -0.4 is 5.32 Å². The molecule has 0 atom stereocenters. The Kier molecular flexibility index (Phi) is 4.42. The van der Waals surface area contributed by atoms with E-state index >= 15 is 0 Å². The van der Waals surface area contributed by atoms with Crippen molar-refractivity contribution in [1.29, 1.82) is 0 Å². The van der Waals surface area contributed by atoms with Gasteiger partial charge in [-0.1, -0.05) is 12.1 Å². The fraction of sp³-hybridized carbons (Fsp3) is 0.227. The van der Waals surface area contributed by atoms with Gasteiger partial charge in [-0.2, -0.15) is 14.8 Å². The molecule has 0 radical (unpaired) electrons. The molecular formula is C22H19F2N5. The highest BCUT2D eigenvalue weighted by atomic mass is 19.1. The van der Waals surface area contributed by atoms with E-state index in [1.165, 1.54) is 24.3 Å². The second kappa shape index (κ2) is 7.24. The topological polar surface area (TPSA) is 55.6 Å². The number of fused-ring (bicyclic) bond motifs is 2. The molecule has 1 N–H and O–H groups in total. The fourth-order valence-electron chi connectivity index (χ4n) is 3.81. The number of nitrogens with zero attached hydrogens (tertiary/aromatic N) is 4. The maximum atomic E-state index is 13.8. The maximum absolute atomic E-state index is 13.8. The summed E-state index contributed by atoms with van der Waals surface area (Å²) in [4.78, 5) is 9.44. The van der Waals surface area contributed by atoms with Crippen LogP contribution in [0.15, 0.2) is 48.7 Å². The number of benzene rings is 2. The Bertz CT molecular complexity index is 1200. The van der Waals surface area contributed by atoms with Crippen molar-refractivity contribution in [1.82, 2.24) is 19.7 Å². The highest BCUT2D eigenvalue weighted by Gasteiger charge is 2.20. The van der Waals surface area contributed by atoms with E-state index in [1.54, 1.807) is 23.0 Å². The van der Waals surface area contributed by atoms with Crippen molar-refractivity contribution >= 4 is 16.7 Å². The molecule has 1 aliphatic carbocycles. The molecule has 5 rings (SSSR count). The van der Waals surface area contributed by atoms with E-state index in [1.807, 2.05) is 6.07 Å². The number of aryl methyl sites for hydroxylation is 1. The van der Waals surface area contributed by atoms with Gasteiger partial charge >= 0.3 is 0 Å². The summed E-state index contributed by atoms with van der Waals surface area (Å²) < 4.78 is 28.9. The normalized spacial score (nSPS) is 13.4. The van der Waals surface area contributed by atoms with Gasteiger partial charge in [-0.25, -0.2) is 13.8 Å². The summed E-state index contributed by atoms with van der Waals surface area (Å²) in [6.45, 7) is 0.454. The molecule has 7 heteroatoms. The molecule has 0 bridgehead atoms. The van der Waals surface area contributed by atoms with Gasteiger partial charge in [0.25, 0.3) is 5.95 Å². The Balaban J connectivity index is 1.56. The Morgan fingerprint density at radius 2 is 1.83 bits per heavy atom. The third-order valence-electron chi connectivity index (χ3n) is 5.24. The first-order chi connectivity index (χ1) is 14.2. The number of halogens is 2. The predicted octanol–water partition coefficient (Wildman–Crippen LogP) is 4.58. The quantitative estimate of drug-likeness (QED) is 0.553. The van der Waals surface area contributed by atoms with Crippen LogP contribution in [-0.2, 0) is 19.4 Å². The molecule has 1 aliphatic rings. The van der Waals surface area contributed by atoms with E-state index in [0.29, 0.717) is 18.0 Å². The Labute approximate surface area is 166 Å². The smallest absolute Gasteiger partial charge is 0.253 e. The van der Waals surface area contributed by atoms with Crippen LogP contribution >= 0.6 is 0 Å². The van der Waals surface area contributed by atoms with Gasteiger partial charge in [0.2, 0.25) is 0 Å². The zero-order valence-electron chi connectivity index (χ0n) is 15.7. The molecule has 5 nitrogen and oxygen atoms in total. The van der Waals surface area contributed by atoms with Gasteiger partial charge in [0, 0.05) is 23.6 Å². The SMILES string of the molecule is Fc1cccc(CNc2nc(-n3ncc4ccc(F)cc43)nc3c2CCCC3)c1. The molecule has 0 saturated carbocycles. The van der Waals surface area contributed by atoms with Crippen LogP contribution in [0.25, 0.3) is 16.9 Å². The van der Waals surface area contributed by atoms with Crippen molar-refractivity contribution in [2.45, 2.75) is 32.2 Å². The lowest BCUT2D eigenvalue weighted by Crippen LogP contribution is -2.16. The van der Waals surface area contributed by atoms with E-state index in [-0.39, 0.29) is 11.6 Å². The summed E-state index contributed by atoms with van der Waals surface area (Å²) in [7, 11) is 0. The molecule has 4 aromatic rings. The third kappa shape index (κ3) is 3.44. The number of aromatic nitrogens is 4. The van der Waals surface area contributed by atoms with Crippen molar-refractivity contribution < 1.29 is 8.78 Å². The van der Waals surface area contributed by atoms with Gasteiger partial charge in [0.15, 0.2) is 0 Å². The zero-order valence-corrected chi connectivity index (χ0v) is 15.7.